The van der Waals surface area contributed by atoms with Gasteiger partial charge in [0.15, 0.2) is 15.6 Å². The maximum absolute atomic E-state index is 13.2. The SMILES string of the molecule is CC(C)[C@H](O)COc1c(-c2ccc(S(C)(=O)=O)cc2)cnn(-c2cccc(Cl)c2)c1=O. The third kappa shape index (κ3) is 5.33. The van der Waals surface area contributed by atoms with Gasteiger partial charge in [0.1, 0.15) is 6.61 Å². The first-order valence-electron chi connectivity index (χ1n) is 9.57. The number of ether oxygens (including phenoxy) is 1. The normalized spacial score (nSPS) is 12.7. The molecule has 3 rings (SSSR count). The van der Waals surface area contributed by atoms with Gasteiger partial charge in [0.25, 0.3) is 0 Å². The Bertz CT molecular complexity index is 1240. The van der Waals surface area contributed by atoms with E-state index in [1.54, 1.807) is 36.4 Å². The molecule has 0 saturated carbocycles. The molecule has 1 atom stereocenters. The lowest BCUT2D eigenvalue weighted by Gasteiger charge is -2.18. The van der Waals surface area contributed by atoms with E-state index in [2.05, 4.69) is 5.10 Å². The number of aromatic nitrogens is 2. The number of hydrogen-bond donors (Lipinski definition) is 1. The summed E-state index contributed by atoms with van der Waals surface area (Å²) < 4.78 is 30.4. The van der Waals surface area contributed by atoms with Crippen LogP contribution in [0.1, 0.15) is 13.8 Å². The summed E-state index contributed by atoms with van der Waals surface area (Å²) in [6.07, 6.45) is 1.82. The Morgan fingerprint density at radius 2 is 1.84 bits per heavy atom. The minimum Gasteiger partial charge on any atom is -0.485 e. The van der Waals surface area contributed by atoms with E-state index in [9.17, 15) is 18.3 Å². The Kier molecular flexibility index (Phi) is 6.83. The highest BCUT2D eigenvalue weighted by molar-refractivity contribution is 7.90. The molecular formula is C22H23ClN2O5S. The van der Waals surface area contributed by atoms with Crippen molar-refractivity contribution in [2.45, 2.75) is 24.8 Å². The quantitative estimate of drug-likeness (QED) is 0.578. The summed E-state index contributed by atoms with van der Waals surface area (Å²) >= 11 is 6.05. The molecule has 9 heteroatoms. The highest BCUT2D eigenvalue weighted by Gasteiger charge is 2.19. The van der Waals surface area contributed by atoms with Gasteiger partial charge in [-0.25, -0.2) is 8.42 Å². The molecule has 0 fully saturated rings. The molecule has 0 unspecified atom stereocenters. The Labute approximate surface area is 185 Å². The number of halogens is 1. The van der Waals surface area contributed by atoms with Crippen molar-refractivity contribution in [3.63, 3.8) is 0 Å². The molecule has 0 bridgehead atoms. The molecule has 0 amide bonds. The molecule has 1 aromatic heterocycles. The predicted octanol–water partition coefficient (Wildman–Crippen LogP) is 3.35. The van der Waals surface area contributed by atoms with Gasteiger partial charge in [-0.15, -0.1) is 0 Å². The fourth-order valence-corrected chi connectivity index (χ4v) is 3.63. The Hall–Kier alpha value is -2.68. The van der Waals surface area contributed by atoms with Crippen molar-refractivity contribution in [1.29, 1.82) is 0 Å². The molecule has 2 aromatic carbocycles. The van der Waals surface area contributed by atoms with Gasteiger partial charge < -0.3 is 9.84 Å². The fourth-order valence-electron chi connectivity index (χ4n) is 2.82. The van der Waals surface area contributed by atoms with Gasteiger partial charge in [0.2, 0.25) is 0 Å². The van der Waals surface area contributed by atoms with Gasteiger partial charge in [-0.2, -0.15) is 9.78 Å². The average Bonchev–Trinajstić information content (AvgIpc) is 2.71. The average molecular weight is 463 g/mol. The summed E-state index contributed by atoms with van der Waals surface area (Å²) in [5.41, 5.74) is 0.886. The van der Waals surface area contributed by atoms with Crippen LogP contribution in [0, 0.1) is 5.92 Å². The van der Waals surface area contributed by atoms with Gasteiger partial charge in [0.05, 0.1) is 22.9 Å². The van der Waals surface area contributed by atoms with Crippen LogP contribution in [-0.2, 0) is 9.84 Å². The molecule has 31 heavy (non-hydrogen) atoms. The van der Waals surface area contributed by atoms with Crippen molar-refractivity contribution in [2.75, 3.05) is 12.9 Å². The Balaban J connectivity index is 2.11. The number of nitrogens with zero attached hydrogens (tertiary/aromatic N) is 2. The van der Waals surface area contributed by atoms with E-state index < -0.39 is 21.5 Å². The van der Waals surface area contributed by atoms with E-state index in [0.717, 1.165) is 10.9 Å². The number of aliphatic hydroxyl groups excluding tert-OH is 1. The van der Waals surface area contributed by atoms with Crippen molar-refractivity contribution in [3.05, 3.63) is 70.1 Å². The van der Waals surface area contributed by atoms with Crippen molar-refractivity contribution >= 4 is 21.4 Å². The van der Waals surface area contributed by atoms with Crippen LogP contribution in [0.3, 0.4) is 0 Å². The molecule has 0 aliphatic carbocycles. The zero-order chi connectivity index (χ0) is 22.8. The molecule has 1 heterocycles. The number of aliphatic hydroxyl groups is 1. The minimum absolute atomic E-state index is 0.00165. The summed E-state index contributed by atoms with van der Waals surface area (Å²) in [5, 5.41) is 14.8. The topological polar surface area (TPSA) is 98.5 Å². The van der Waals surface area contributed by atoms with Crippen molar-refractivity contribution in [3.8, 4) is 22.6 Å². The molecule has 7 nitrogen and oxygen atoms in total. The molecule has 0 aliphatic heterocycles. The Morgan fingerprint density at radius 1 is 1.16 bits per heavy atom. The molecule has 164 valence electrons. The van der Waals surface area contributed by atoms with E-state index in [-0.39, 0.29) is 23.2 Å². The molecule has 1 N–H and O–H groups in total. The lowest BCUT2D eigenvalue weighted by atomic mass is 10.1. The highest BCUT2D eigenvalue weighted by atomic mass is 35.5. The largest absolute Gasteiger partial charge is 0.485 e. The number of benzene rings is 2. The number of sulfone groups is 1. The van der Waals surface area contributed by atoms with Crippen LogP contribution in [0.4, 0.5) is 0 Å². The van der Waals surface area contributed by atoms with Crippen LogP contribution in [0.2, 0.25) is 5.02 Å². The standard InChI is InChI=1S/C22H23ClN2O5S/c1-14(2)20(26)13-30-21-19(15-7-9-18(10-8-15)31(3,28)29)12-24-25(22(21)27)17-6-4-5-16(23)11-17/h4-12,14,20,26H,13H2,1-3H3/t20-/m1/s1. The number of hydrogen-bond acceptors (Lipinski definition) is 6. The lowest BCUT2D eigenvalue weighted by molar-refractivity contribution is 0.0695. The van der Waals surface area contributed by atoms with Crippen LogP contribution in [0.5, 0.6) is 5.75 Å². The van der Waals surface area contributed by atoms with Gasteiger partial charge >= 0.3 is 5.56 Å². The third-order valence-corrected chi connectivity index (χ3v) is 6.11. The maximum atomic E-state index is 13.2. The van der Waals surface area contributed by atoms with Crippen LogP contribution >= 0.6 is 11.6 Å². The second-order valence-corrected chi connectivity index (χ2v) is 9.96. The van der Waals surface area contributed by atoms with Gasteiger partial charge in [-0.05, 0) is 41.8 Å². The summed E-state index contributed by atoms with van der Waals surface area (Å²) in [5.74, 6) is -0.0590. The van der Waals surface area contributed by atoms with Crippen molar-refractivity contribution in [1.82, 2.24) is 9.78 Å². The molecule has 0 aliphatic rings. The summed E-state index contributed by atoms with van der Waals surface area (Å²) in [4.78, 5) is 13.4. The smallest absolute Gasteiger partial charge is 0.314 e. The predicted molar refractivity (Wildman–Crippen MR) is 120 cm³/mol. The molecule has 0 radical (unpaired) electrons. The van der Waals surface area contributed by atoms with Gasteiger partial charge in [0, 0.05) is 16.8 Å². The molecule has 0 saturated heterocycles. The van der Waals surface area contributed by atoms with Crippen LogP contribution in [0.15, 0.2) is 64.4 Å². The monoisotopic (exact) mass is 462 g/mol. The van der Waals surface area contributed by atoms with Crippen LogP contribution in [-0.4, -0.2) is 42.3 Å². The Morgan fingerprint density at radius 3 is 2.42 bits per heavy atom. The highest BCUT2D eigenvalue weighted by Crippen LogP contribution is 2.28. The number of rotatable bonds is 7. The van der Waals surface area contributed by atoms with E-state index in [1.807, 2.05) is 13.8 Å². The second kappa shape index (κ2) is 9.21. The fraction of sp³-hybridized carbons (Fsp3) is 0.273. The van der Waals surface area contributed by atoms with Crippen molar-refractivity contribution < 1.29 is 18.3 Å². The van der Waals surface area contributed by atoms with Gasteiger partial charge in [-0.3, -0.25) is 4.79 Å². The van der Waals surface area contributed by atoms with E-state index in [4.69, 9.17) is 16.3 Å². The summed E-state index contributed by atoms with van der Waals surface area (Å²) in [6, 6.07) is 12.8. The third-order valence-electron chi connectivity index (χ3n) is 4.75. The molecular weight excluding hydrogens is 440 g/mol. The minimum atomic E-state index is -3.36. The summed E-state index contributed by atoms with van der Waals surface area (Å²) in [6.45, 7) is 3.60. The van der Waals surface area contributed by atoms with E-state index in [1.165, 1.54) is 18.3 Å². The molecule has 0 spiro atoms. The van der Waals surface area contributed by atoms with Gasteiger partial charge in [-0.1, -0.05) is 43.6 Å². The summed E-state index contributed by atoms with van der Waals surface area (Å²) in [7, 11) is -3.36. The first kappa shape index (κ1) is 23.0. The zero-order valence-electron chi connectivity index (χ0n) is 17.3. The first-order valence-corrected chi connectivity index (χ1v) is 11.8. The van der Waals surface area contributed by atoms with E-state index >= 15 is 0 Å². The molecule has 3 aromatic rings. The van der Waals surface area contributed by atoms with Crippen LogP contribution in [0.25, 0.3) is 16.8 Å². The van der Waals surface area contributed by atoms with Crippen LogP contribution < -0.4 is 10.3 Å². The van der Waals surface area contributed by atoms with Crippen molar-refractivity contribution in [2.24, 2.45) is 5.92 Å². The second-order valence-electron chi connectivity index (χ2n) is 7.50. The lowest BCUT2D eigenvalue weighted by Crippen LogP contribution is -2.28. The first-order chi connectivity index (χ1) is 14.6. The maximum Gasteiger partial charge on any atom is 0.314 e. The van der Waals surface area contributed by atoms with E-state index in [0.29, 0.717) is 21.8 Å². The zero-order valence-corrected chi connectivity index (χ0v) is 18.9.